The number of anilines is 2. The van der Waals surface area contributed by atoms with E-state index in [9.17, 15) is 0 Å². The smallest absolute Gasteiger partial charge is 0.227 e. The van der Waals surface area contributed by atoms with E-state index in [1.54, 1.807) is 0 Å². The maximum Gasteiger partial charge on any atom is 0.227 e. The van der Waals surface area contributed by atoms with E-state index in [0.29, 0.717) is 5.95 Å². The van der Waals surface area contributed by atoms with Crippen molar-refractivity contribution in [3.8, 4) is 11.3 Å². The van der Waals surface area contributed by atoms with E-state index in [4.69, 9.17) is 16.6 Å². The number of hydrogen-bond acceptors (Lipinski definition) is 4. The minimum atomic E-state index is 0. The van der Waals surface area contributed by atoms with Crippen LogP contribution in [0.25, 0.3) is 11.3 Å². The van der Waals surface area contributed by atoms with Gasteiger partial charge in [0.25, 0.3) is 0 Å². The van der Waals surface area contributed by atoms with E-state index in [1.807, 2.05) is 18.3 Å². The third-order valence-corrected chi connectivity index (χ3v) is 7.29. The predicted molar refractivity (Wildman–Crippen MR) is 158 cm³/mol. The van der Waals surface area contributed by atoms with Crippen LogP contribution in [0.1, 0.15) is 47.9 Å². The molecule has 0 radical (unpaired) electrons. The number of benzene rings is 3. The topological polar surface area (TPSA) is 41.0 Å². The first kappa shape index (κ1) is 27.1. The quantitative estimate of drug-likeness (QED) is 0.237. The molecule has 0 saturated heterocycles. The van der Waals surface area contributed by atoms with Crippen molar-refractivity contribution in [3.05, 3.63) is 106 Å². The Kier molecular flexibility index (Phi) is 9.20. The van der Waals surface area contributed by atoms with E-state index < -0.39 is 0 Å². The molecule has 0 aliphatic heterocycles. The Bertz CT molecular complexity index is 1310. The second kappa shape index (κ2) is 12.6. The summed E-state index contributed by atoms with van der Waals surface area (Å²) in [6.07, 6.45) is 6.40. The maximum atomic E-state index is 6.14. The molecule has 4 aromatic rings. The zero-order valence-electron chi connectivity index (χ0n) is 21.5. The highest BCUT2D eigenvalue weighted by atomic mass is 35.5. The van der Waals surface area contributed by atoms with Crippen LogP contribution in [0.15, 0.2) is 79.0 Å². The van der Waals surface area contributed by atoms with Crippen LogP contribution in [-0.4, -0.2) is 35.0 Å². The van der Waals surface area contributed by atoms with Crippen molar-refractivity contribution in [2.45, 2.75) is 38.5 Å². The van der Waals surface area contributed by atoms with Crippen LogP contribution in [0.4, 0.5) is 11.6 Å². The van der Waals surface area contributed by atoms with Gasteiger partial charge in [-0.25, -0.2) is 9.97 Å². The first-order valence-electron chi connectivity index (χ1n) is 12.9. The van der Waals surface area contributed by atoms with Gasteiger partial charge in [-0.1, -0.05) is 73.5 Å². The van der Waals surface area contributed by atoms with Gasteiger partial charge in [0.15, 0.2) is 0 Å². The zero-order valence-corrected chi connectivity index (χ0v) is 23.0. The van der Waals surface area contributed by atoms with Crippen LogP contribution in [0.5, 0.6) is 0 Å². The number of unbranched alkanes of at least 4 members (excludes halogenated alkanes) is 1. The fourth-order valence-corrected chi connectivity index (χ4v) is 5.06. The molecule has 4 nitrogen and oxygen atoms in total. The highest BCUT2D eigenvalue weighted by Gasteiger charge is 2.27. The minimum Gasteiger partial charge on any atom is -0.324 e. The van der Waals surface area contributed by atoms with Gasteiger partial charge >= 0.3 is 0 Å². The van der Waals surface area contributed by atoms with Crippen LogP contribution >= 0.6 is 24.0 Å². The Hall–Kier alpha value is -2.92. The monoisotopic (exact) mass is 532 g/mol. The molecule has 0 spiro atoms. The zero-order chi connectivity index (χ0) is 24.9. The average molecular weight is 534 g/mol. The summed E-state index contributed by atoms with van der Waals surface area (Å²) in [5.41, 5.74) is 8.26. The van der Waals surface area contributed by atoms with Gasteiger partial charge in [0, 0.05) is 34.9 Å². The van der Waals surface area contributed by atoms with Crippen molar-refractivity contribution in [2.24, 2.45) is 0 Å². The molecular weight excluding hydrogens is 499 g/mol. The number of rotatable bonds is 9. The lowest BCUT2D eigenvalue weighted by molar-refractivity contribution is 0.332. The fraction of sp³-hybridized carbons (Fsp3) is 0.290. The van der Waals surface area contributed by atoms with Gasteiger partial charge in [-0.3, -0.25) is 0 Å². The molecule has 5 rings (SSSR count). The third-order valence-electron chi connectivity index (χ3n) is 7.04. The normalized spacial score (nSPS) is 14.0. The molecular formula is C31H34Cl2N4. The van der Waals surface area contributed by atoms with Crippen LogP contribution in [0, 0.1) is 0 Å². The SMILES string of the molecule is CCCCN(C)CCc1ccc(Nc2ncc3c(n2)-c2ccccc2[C@H](c2ccc(Cl)cc2)C3)cc1.Cl. The van der Waals surface area contributed by atoms with E-state index in [-0.39, 0.29) is 18.3 Å². The average Bonchev–Trinajstić information content (AvgIpc) is 2.91. The first-order chi connectivity index (χ1) is 17.6. The third kappa shape index (κ3) is 6.51. The first-order valence-corrected chi connectivity index (χ1v) is 13.2. The lowest BCUT2D eigenvalue weighted by atomic mass is 9.78. The van der Waals surface area contributed by atoms with E-state index in [0.717, 1.165) is 42.3 Å². The fourth-order valence-electron chi connectivity index (χ4n) is 4.93. The molecule has 0 saturated carbocycles. The van der Waals surface area contributed by atoms with Gasteiger partial charge in [-0.05, 0) is 79.4 Å². The molecule has 6 heteroatoms. The van der Waals surface area contributed by atoms with Gasteiger partial charge < -0.3 is 10.2 Å². The maximum absolute atomic E-state index is 6.14. The van der Waals surface area contributed by atoms with Crippen molar-refractivity contribution in [1.82, 2.24) is 14.9 Å². The molecule has 1 N–H and O–H groups in total. The summed E-state index contributed by atoms with van der Waals surface area (Å²) in [5, 5.41) is 4.17. The Labute approximate surface area is 231 Å². The lowest BCUT2D eigenvalue weighted by Gasteiger charge is -2.27. The number of hydrogen-bond donors (Lipinski definition) is 1. The lowest BCUT2D eigenvalue weighted by Crippen LogP contribution is -2.22. The van der Waals surface area contributed by atoms with Crippen LogP contribution in [-0.2, 0) is 12.8 Å². The van der Waals surface area contributed by atoms with Gasteiger partial charge in [0.2, 0.25) is 5.95 Å². The molecule has 0 bridgehead atoms. The Morgan fingerprint density at radius 3 is 2.49 bits per heavy atom. The highest BCUT2D eigenvalue weighted by molar-refractivity contribution is 6.30. The molecule has 3 aromatic carbocycles. The summed E-state index contributed by atoms with van der Waals surface area (Å²) >= 11 is 6.14. The van der Waals surface area contributed by atoms with Gasteiger partial charge in [-0.15, -0.1) is 12.4 Å². The van der Waals surface area contributed by atoms with Gasteiger partial charge in [-0.2, -0.15) is 0 Å². The van der Waals surface area contributed by atoms with E-state index in [2.05, 4.69) is 89.8 Å². The summed E-state index contributed by atoms with van der Waals surface area (Å²) in [6.45, 7) is 4.48. The van der Waals surface area contributed by atoms with Crippen LogP contribution in [0.2, 0.25) is 5.02 Å². The molecule has 1 aliphatic rings. The second-order valence-electron chi connectivity index (χ2n) is 9.69. The molecule has 192 valence electrons. The molecule has 1 aromatic heterocycles. The molecule has 0 amide bonds. The Morgan fingerprint density at radius 1 is 0.973 bits per heavy atom. The minimum absolute atomic E-state index is 0. The number of fused-ring (bicyclic) bond motifs is 3. The van der Waals surface area contributed by atoms with E-state index >= 15 is 0 Å². The number of likely N-dealkylation sites (N-methyl/N-ethyl adjacent to an activating group) is 1. The molecule has 1 atom stereocenters. The number of halogens is 2. The van der Waals surface area contributed by atoms with Crippen molar-refractivity contribution < 1.29 is 0 Å². The largest absolute Gasteiger partial charge is 0.324 e. The van der Waals surface area contributed by atoms with Crippen molar-refractivity contribution in [1.29, 1.82) is 0 Å². The Morgan fingerprint density at radius 2 is 1.73 bits per heavy atom. The van der Waals surface area contributed by atoms with Gasteiger partial charge in [0.1, 0.15) is 0 Å². The summed E-state index contributed by atoms with van der Waals surface area (Å²) in [7, 11) is 2.20. The standard InChI is InChI=1S/C31H33ClN4.ClH/c1-3-4-18-36(2)19-17-22-9-15-26(16-10-22)34-31-33-21-24-20-29(23-11-13-25(32)14-12-23)27-7-5-6-8-28(27)30(24)35-31;/h5-16,21,29H,3-4,17-20H2,1-2H3,(H,33,34,35);1H/t29-;/m0./s1. The summed E-state index contributed by atoms with van der Waals surface area (Å²) in [5.74, 6) is 0.891. The van der Waals surface area contributed by atoms with Crippen LogP contribution in [0.3, 0.4) is 0 Å². The molecule has 1 heterocycles. The van der Waals surface area contributed by atoms with Crippen molar-refractivity contribution >= 4 is 35.6 Å². The molecule has 1 aliphatic carbocycles. The summed E-state index contributed by atoms with van der Waals surface area (Å²) in [6, 6.07) is 25.4. The molecule has 0 fully saturated rings. The Balaban J connectivity index is 0.00000320. The van der Waals surface area contributed by atoms with Crippen molar-refractivity contribution in [2.75, 3.05) is 25.5 Å². The predicted octanol–water partition coefficient (Wildman–Crippen LogP) is 7.92. The van der Waals surface area contributed by atoms with Gasteiger partial charge in [0.05, 0.1) is 5.69 Å². The number of nitrogens with zero attached hydrogens (tertiary/aromatic N) is 3. The van der Waals surface area contributed by atoms with Crippen LogP contribution < -0.4 is 5.32 Å². The molecule has 0 unspecified atom stereocenters. The second-order valence-corrected chi connectivity index (χ2v) is 10.1. The van der Waals surface area contributed by atoms with E-state index in [1.165, 1.54) is 40.7 Å². The number of aromatic nitrogens is 2. The summed E-state index contributed by atoms with van der Waals surface area (Å²) in [4.78, 5) is 12.0. The molecule has 37 heavy (non-hydrogen) atoms. The highest BCUT2D eigenvalue weighted by Crippen LogP contribution is 2.42. The van der Waals surface area contributed by atoms with Crippen molar-refractivity contribution in [3.63, 3.8) is 0 Å². The summed E-state index contributed by atoms with van der Waals surface area (Å²) < 4.78 is 0. The number of nitrogens with one attached hydrogen (secondary N) is 1.